The third kappa shape index (κ3) is 6.52. The monoisotopic (exact) mass is 447 g/mol. The zero-order valence-electron chi connectivity index (χ0n) is 20.1. The number of benzene rings is 2. The molecule has 0 aliphatic rings. The van der Waals surface area contributed by atoms with Gasteiger partial charge in [-0.3, -0.25) is 19.5 Å². The van der Waals surface area contributed by atoms with Crippen molar-refractivity contribution in [3.05, 3.63) is 65.9 Å². The fraction of sp³-hybridized carbons (Fsp3) is 0.346. The van der Waals surface area contributed by atoms with E-state index in [2.05, 4.69) is 5.32 Å². The van der Waals surface area contributed by atoms with Gasteiger partial charge in [0.25, 0.3) is 0 Å². The molecule has 2 aromatic carbocycles. The van der Waals surface area contributed by atoms with Crippen LogP contribution in [-0.2, 0) is 9.59 Å². The minimum Gasteiger partial charge on any atom is -0.332 e. The number of hydrogen-bond acceptors (Lipinski definition) is 4. The highest BCUT2D eigenvalue weighted by molar-refractivity contribution is 5.93. The molecule has 0 aliphatic heterocycles. The number of likely N-dealkylation sites (N-methyl/N-ethyl adjacent to an activating group) is 1. The van der Waals surface area contributed by atoms with Crippen LogP contribution < -0.4 is 5.32 Å². The first-order valence-electron chi connectivity index (χ1n) is 11.2. The number of anilines is 1. The Hall–Kier alpha value is -3.45. The molecule has 3 rings (SSSR count). The summed E-state index contributed by atoms with van der Waals surface area (Å²) in [7, 11) is 3.89. The molecule has 0 saturated heterocycles. The van der Waals surface area contributed by atoms with Crippen molar-refractivity contribution in [3.8, 4) is 16.9 Å². The summed E-state index contributed by atoms with van der Waals surface area (Å²) in [5, 5.41) is 2.93. The van der Waals surface area contributed by atoms with Gasteiger partial charge < -0.3 is 9.80 Å². The van der Waals surface area contributed by atoms with E-state index in [0.29, 0.717) is 25.5 Å². The summed E-state index contributed by atoms with van der Waals surface area (Å²) >= 11 is 0. The first-order chi connectivity index (χ1) is 15.8. The lowest BCUT2D eigenvalue weighted by Crippen LogP contribution is -2.41. The fourth-order valence-electron chi connectivity index (χ4n) is 3.41. The lowest BCUT2D eigenvalue weighted by Gasteiger charge is -2.23. The summed E-state index contributed by atoms with van der Waals surface area (Å²) in [6.45, 7) is 7.05. The molecule has 1 aromatic heterocycles. The third-order valence-electron chi connectivity index (χ3n) is 5.42. The number of nitrogens with zero attached hydrogens (tertiary/aromatic N) is 4. The maximum absolute atomic E-state index is 12.9. The second-order valence-electron chi connectivity index (χ2n) is 8.54. The van der Waals surface area contributed by atoms with Gasteiger partial charge in [-0.25, -0.2) is 4.98 Å². The van der Waals surface area contributed by atoms with E-state index in [1.165, 1.54) is 5.56 Å². The summed E-state index contributed by atoms with van der Waals surface area (Å²) in [6, 6.07) is 16.2. The third-order valence-corrected chi connectivity index (χ3v) is 5.42. The normalized spacial score (nSPS) is 11.0. The van der Waals surface area contributed by atoms with Gasteiger partial charge in [0.2, 0.25) is 17.8 Å². The molecule has 3 aromatic rings. The van der Waals surface area contributed by atoms with Crippen molar-refractivity contribution in [3.63, 3.8) is 0 Å². The van der Waals surface area contributed by atoms with Gasteiger partial charge in [-0.1, -0.05) is 54.4 Å². The second-order valence-corrected chi connectivity index (χ2v) is 8.54. The van der Waals surface area contributed by atoms with Crippen LogP contribution in [-0.4, -0.2) is 64.9 Å². The molecule has 0 spiro atoms. The van der Waals surface area contributed by atoms with Crippen molar-refractivity contribution in [2.75, 3.05) is 39.0 Å². The number of amides is 2. The van der Waals surface area contributed by atoms with E-state index >= 15 is 0 Å². The van der Waals surface area contributed by atoms with E-state index in [4.69, 9.17) is 4.98 Å². The summed E-state index contributed by atoms with van der Waals surface area (Å²) < 4.78 is 1.87. The van der Waals surface area contributed by atoms with Crippen molar-refractivity contribution in [1.82, 2.24) is 19.4 Å². The molecule has 7 nitrogen and oxygen atoms in total. The summed E-state index contributed by atoms with van der Waals surface area (Å²) in [5.74, 6) is 0.107. The van der Waals surface area contributed by atoms with Crippen molar-refractivity contribution < 1.29 is 9.59 Å². The van der Waals surface area contributed by atoms with E-state index < -0.39 is 0 Å². The van der Waals surface area contributed by atoms with Gasteiger partial charge in [0.1, 0.15) is 0 Å². The van der Waals surface area contributed by atoms with Gasteiger partial charge in [0, 0.05) is 37.0 Å². The van der Waals surface area contributed by atoms with Gasteiger partial charge in [-0.15, -0.1) is 0 Å². The lowest BCUT2D eigenvalue weighted by atomic mass is 10.1. The Bertz CT molecular complexity index is 1080. The fourth-order valence-corrected chi connectivity index (χ4v) is 3.41. The topological polar surface area (TPSA) is 70.5 Å². The van der Waals surface area contributed by atoms with E-state index in [-0.39, 0.29) is 18.4 Å². The average molecular weight is 448 g/mol. The van der Waals surface area contributed by atoms with Crippen molar-refractivity contribution in [1.29, 1.82) is 0 Å². The number of aryl methyl sites for hydroxylation is 2. The minimum atomic E-state index is -0.273. The van der Waals surface area contributed by atoms with Gasteiger partial charge >= 0.3 is 0 Å². The molecule has 174 valence electrons. The van der Waals surface area contributed by atoms with Gasteiger partial charge in [-0.05, 0) is 40.1 Å². The number of nitrogens with one attached hydrogen (secondary N) is 1. The minimum absolute atomic E-state index is 0.0128. The van der Waals surface area contributed by atoms with Crippen molar-refractivity contribution in [2.45, 2.75) is 27.2 Å². The standard InChI is InChI=1S/C26H33N5O2/c1-6-25(33)30(16-15-29(4)5)18-24(32)28-26-27-23(21-11-7-19(2)8-12-21)17-31(26)22-13-9-20(3)10-14-22/h7-14,17H,6,15-16,18H2,1-5H3,(H,27,28,32). The second kappa shape index (κ2) is 10.9. The van der Waals surface area contributed by atoms with Crippen LogP contribution in [0.25, 0.3) is 16.9 Å². The van der Waals surface area contributed by atoms with Crippen LogP contribution in [0.3, 0.4) is 0 Å². The molecule has 0 radical (unpaired) electrons. The smallest absolute Gasteiger partial charge is 0.246 e. The summed E-state index contributed by atoms with van der Waals surface area (Å²) in [4.78, 5) is 33.6. The molecule has 0 bridgehead atoms. The Morgan fingerprint density at radius 3 is 2.12 bits per heavy atom. The number of rotatable bonds is 9. The van der Waals surface area contributed by atoms with Gasteiger partial charge in [0.05, 0.1) is 12.2 Å². The Morgan fingerprint density at radius 2 is 1.55 bits per heavy atom. The first-order valence-corrected chi connectivity index (χ1v) is 11.2. The highest BCUT2D eigenvalue weighted by Crippen LogP contribution is 2.25. The highest BCUT2D eigenvalue weighted by atomic mass is 16.2. The average Bonchev–Trinajstić information content (AvgIpc) is 3.20. The van der Waals surface area contributed by atoms with Crippen molar-refractivity contribution in [2.24, 2.45) is 0 Å². The predicted octanol–water partition coefficient (Wildman–Crippen LogP) is 3.89. The van der Waals surface area contributed by atoms with Crippen LogP contribution >= 0.6 is 0 Å². The quantitative estimate of drug-likeness (QED) is 0.540. The molecule has 0 saturated carbocycles. The van der Waals surface area contributed by atoms with Crippen LogP contribution in [0.1, 0.15) is 24.5 Å². The van der Waals surface area contributed by atoms with Crippen LogP contribution in [0.2, 0.25) is 0 Å². The Balaban J connectivity index is 1.88. The van der Waals surface area contributed by atoms with Crippen LogP contribution in [0.5, 0.6) is 0 Å². The highest BCUT2D eigenvalue weighted by Gasteiger charge is 2.19. The molecule has 33 heavy (non-hydrogen) atoms. The molecular formula is C26H33N5O2. The molecule has 0 unspecified atom stereocenters. The number of carbonyl (C=O) groups excluding carboxylic acids is 2. The van der Waals surface area contributed by atoms with Gasteiger partial charge in [-0.2, -0.15) is 0 Å². The van der Waals surface area contributed by atoms with E-state index in [1.54, 1.807) is 11.8 Å². The van der Waals surface area contributed by atoms with E-state index in [1.807, 2.05) is 92.1 Å². The molecule has 1 N–H and O–H groups in total. The molecule has 7 heteroatoms. The maximum Gasteiger partial charge on any atom is 0.246 e. The largest absolute Gasteiger partial charge is 0.332 e. The Kier molecular flexibility index (Phi) is 8.01. The van der Waals surface area contributed by atoms with Crippen LogP contribution in [0.4, 0.5) is 5.95 Å². The maximum atomic E-state index is 12.9. The molecule has 0 fully saturated rings. The molecule has 0 atom stereocenters. The summed E-state index contributed by atoms with van der Waals surface area (Å²) in [6.07, 6.45) is 2.28. The number of hydrogen-bond donors (Lipinski definition) is 1. The van der Waals surface area contributed by atoms with Gasteiger partial charge in [0.15, 0.2) is 0 Å². The van der Waals surface area contributed by atoms with Crippen molar-refractivity contribution >= 4 is 17.8 Å². The molecule has 0 aliphatic carbocycles. The zero-order valence-corrected chi connectivity index (χ0v) is 20.1. The SMILES string of the molecule is CCC(=O)N(CCN(C)C)CC(=O)Nc1nc(-c2ccc(C)cc2)cn1-c1ccc(C)cc1. The lowest BCUT2D eigenvalue weighted by molar-refractivity contribution is -0.134. The molecular weight excluding hydrogens is 414 g/mol. The first kappa shape index (κ1) is 24.2. The Labute approximate surface area is 196 Å². The number of carbonyl (C=O) groups is 2. The number of aromatic nitrogens is 2. The molecule has 1 heterocycles. The molecule has 2 amide bonds. The predicted molar refractivity (Wildman–Crippen MR) is 133 cm³/mol. The van der Waals surface area contributed by atoms with E-state index in [9.17, 15) is 9.59 Å². The van der Waals surface area contributed by atoms with Crippen LogP contribution in [0.15, 0.2) is 54.7 Å². The summed E-state index contributed by atoms with van der Waals surface area (Å²) in [5.41, 5.74) is 4.95. The van der Waals surface area contributed by atoms with Crippen LogP contribution in [0, 0.1) is 13.8 Å². The zero-order chi connectivity index (χ0) is 24.0. The number of imidazole rings is 1. The van der Waals surface area contributed by atoms with E-state index in [0.717, 1.165) is 22.5 Å². The Morgan fingerprint density at radius 1 is 0.939 bits per heavy atom.